The quantitative estimate of drug-likeness (QED) is 0.739. The van der Waals surface area contributed by atoms with E-state index in [0.717, 1.165) is 12.0 Å². The summed E-state index contributed by atoms with van der Waals surface area (Å²) in [5.74, 6) is 0.0798. The average molecular weight is 348 g/mol. The van der Waals surface area contributed by atoms with Crippen molar-refractivity contribution in [2.24, 2.45) is 0 Å². The van der Waals surface area contributed by atoms with E-state index in [1.54, 1.807) is 6.92 Å². The van der Waals surface area contributed by atoms with Gasteiger partial charge in [-0.05, 0) is 53.0 Å². The third-order valence-electron chi connectivity index (χ3n) is 4.79. The van der Waals surface area contributed by atoms with Crippen molar-refractivity contribution in [3.8, 4) is 0 Å². The van der Waals surface area contributed by atoms with Gasteiger partial charge in [0.15, 0.2) is 0 Å². The first kappa shape index (κ1) is 19.7. The standard InChI is InChI=1S/C20H32N2O3/c1-14(23)11-16(15-9-7-6-8-10-15)13-21-18(24)22-17-12-19(2,3)25-20(17,4)5/h6-10,14,16-17,23H,11-13H2,1-5H3,(H2,21,22,24)/t14-,16+,17-/m0/s1. The Morgan fingerprint density at radius 1 is 1.28 bits per heavy atom. The van der Waals surface area contributed by atoms with Crippen molar-refractivity contribution in [3.63, 3.8) is 0 Å². The molecule has 0 aromatic heterocycles. The molecule has 3 atom stereocenters. The van der Waals surface area contributed by atoms with Gasteiger partial charge in [-0.3, -0.25) is 0 Å². The zero-order chi connectivity index (χ0) is 18.7. The fourth-order valence-corrected chi connectivity index (χ4v) is 3.69. The summed E-state index contributed by atoms with van der Waals surface area (Å²) >= 11 is 0. The van der Waals surface area contributed by atoms with Gasteiger partial charge in [0.25, 0.3) is 0 Å². The third kappa shape index (κ3) is 5.72. The number of hydrogen-bond donors (Lipinski definition) is 3. The van der Waals surface area contributed by atoms with Gasteiger partial charge < -0.3 is 20.5 Å². The number of ether oxygens (including phenoxy) is 1. The largest absolute Gasteiger partial charge is 0.393 e. The smallest absolute Gasteiger partial charge is 0.315 e. The Morgan fingerprint density at radius 3 is 2.44 bits per heavy atom. The minimum atomic E-state index is -0.418. The Bertz CT molecular complexity index is 570. The van der Waals surface area contributed by atoms with Crippen LogP contribution in [0.4, 0.5) is 4.79 Å². The molecule has 1 aromatic carbocycles. The van der Waals surface area contributed by atoms with E-state index in [9.17, 15) is 9.90 Å². The van der Waals surface area contributed by atoms with Crippen LogP contribution in [0, 0.1) is 0 Å². The van der Waals surface area contributed by atoms with Gasteiger partial charge >= 0.3 is 6.03 Å². The monoisotopic (exact) mass is 348 g/mol. The first-order chi connectivity index (χ1) is 11.6. The fourth-order valence-electron chi connectivity index (χ4n) is 3.69. The number of benzene rings is 1. The first-order valence-electron chi connectivity index (χ1n) is 9.06. The van der Waals surface area contributed by atoms with Crippen LogP contribution in [0.5, 0.6) is 0 Å². The number of nitrogens with one attached hydrogen (secondary N) is 2. The van der Waals surface area contributed by atoms with Crippen LogP contribution < -0.4 is 10.6 Å². The average Bonchev–Trinajstić information content (AvgIpc) is 2.71. The van der Waals surface area contributed by atoms with Crippen molar-refractivity contribution in [1.82, 2.24) is 10.6 Å². The number of carbonyl (C=O) groups is 1. The van der Waals surface area contributed by atoms with Crippen molar-refractivity contribution in [3.05, 3.63) is 35.9 Å². The first-order valence-corrected chi connectivity index (χ1v) is 9.06. The highest BCUT2D eigenvalue weighted by molar-refractivity contribution is 5.74. The van der Waals surface area contributed by atoms with E-state index in [0.29, 0.717) is 13.0 Å². The lowest BCUT2D eigenvalue weighted by Crippen LogP contribution is -2.50. The Balaban J connectivity index is 1.93. The van der Waals surface area contributed by atoms with Crippen LogP contribution in [0.25, 0.3) is 0 Å². The van der Waals surface area contributed by atoms with Gasteiger partial charge in [0.1, 0.15) is 0 Å². The molecular weight excluding hydrogens is 316 g/mol. The highest BCUT2D eigenvalue weighted by Crippen LogP contribution is 2.37. The second-order valence-electron chi connectivity index (χ2n) is 8.27. The lowest BCUT2D eigenvalue weighted by molar-refractivity contribution is -0.0690. The molecule has 0 unspecified atom stereocenters. The number of urea groups is 1. The van der Waals surface area contributed by atoms with Crippen LogP contribution in [-0.4, -0.2) is 41.0 Å². The lowest BCUT2D eigenvalue weighted by atomic mass is 9.93. The van der Waals surface area contributed by atoms with Crippen molar-refractivity contribution >= 4 is 6.03 Å². The molecule has 0 spiro atoms. The van der Waals surface area contributed by atoms with Crippen LogP contribution in [0.3, 0.4) is 0 Å². The van der Waals surface area contributed by atoms with E-state index >= 15 is 0 Å². The Kier molecular flexibility index (Phi) is 6.12. The molecule has 2 rings (SSSR count). The third-order valence-corrected chi connectivity index (χ3v) is 4.79. The number of hydrogen-bond acceptors (Lipinski definition) is 3. The van der Waals surface area contributed by atoms with Crippen molar-refractivity contribution in [2.45, 2.75) is 76.7 Å². The molecule has 2 amide bonds. The summed E-state index contributed by atoms with van der Waals surface area (Å²) in [5.41, 5.74) is 0.494. The number of aliphatic hydroxyl groups excluding tert-OH is 1. The van der Waals surface area contributed by atoms with Gasteiger partial charge in [0.05, 0.1) is 23.3 Å². The molecule has 25 heavy (non-hydrogen) atoms. The molecule has 0 radical (unpaired) electrons. The summed E-state index contributed by atoms with van der Waals surface area (Å²) < 4.78 is 6.02. The van der Waals surface area contributed by atoms with Crippen LogP contribution in [0.1, 0.15) is 58.9 Å². The molecule has 1 aromatic rings. The summed E-state index contributed by atoms with van der Waals surface area (Å²) in [5, 5.41) is 15.8. The Hall–Kier alpha value is -1.59. The maximum absolute atomic E-state index is 12.4. The van der Waals surface area contributed by atoms with Crippen molar-refractivity contribution in [1.29, 1.82) is 0 Å². The van der Waals surface area contributed by atoms with Gasteiger partial charge in [0, 0.05) is 12.5 Å². The molecule has 1 aliphatic rings. The number of rotatable bonds is 6. The van der Waals surface area contributed by atoms with E-state index in [1.807, 2.05) is 58.0 Å². The molecule has 1 fully saturated rings. The normalized spacial score (nSPS) is 23.7. The summed E-state index contributed by atoms with van der Waals surface area (Å²) in [7, 11) is 0. The fraction of sp³-hybridized carbons (Fsp3) is 0.650. The predicted octanol–water partition coefficient (Wildman–Crippen LogP) is 3.19. The molecular formula is C20H32N2O3. The summed E-state index contributed by atoms with van der Waals surface area (Å²) in [6.07, 6.45) is 0.969. The molecule has 0 saturated carbocycles. The SMILES string of the molecule is C[C@H](O)C[C@H](CNC(=O)N[C@H]1CC(C)(C)OC1(C)C)c1ccccc1. The van der Waals surface area contributed by atoms with E-state index in [4.69, 9.17) is 4.74 Å². The second-order valence-corrected chi connectivity index (χ2v) is 8.27. The molecule has 5 heteroatoms. The van der Waals surface area contributed by atoms with Crippen molar-refractivity contribution in [2.75, 3.05) is 6.54 Å². The summed E-state index contributed by atoms with van der Waals surface area (Å²) in [6.45, 7) is 10.4. The minimum absolute atomic E-state index is 0.0329. The highest BCUT2D eigenvalue weighted by Gasteiger charge is 2.46. The number of amides is 2. The zero-order valence-corrected chi connectivity index (χ0v) is 16.0. The molecule has 5 nitrogen and oxygen atoms in total. The van der Waals surface area contributed by atoms with E-state index in [2.05, 4.69) is 10.6 Å². The van der Waals surface area contributed by atoms with Gasteiger partial charge in [0.2, 0.25) is 0 Å². The predicted molar refractivity (Wildman–Crippen MR) is 99.7 cm³/mol. The molecule has 140 valence electrons. The van der Waals surface area contributed by atoms with Gasteiger partial charge in [-0.25, -0.2) is 4.79 Å². The summed E-state index contributed by atoms with van der Waals surface area (Å²) in [6, 6.07) is 9.76. The van der Waals surface area contributed by atoms with Gasteiger partial charge in [-0.1, -0.05) is 30.3 Å². The van der Waals surface area contributed by atoms with Crippen LogP contribution >= 0.6 is 0 Å². The zero-order valence-electron chi connectivity index (χ0n) is 16.0. The molecule has 1 aliphatic heterocycles. The van der Waals surface area contributed by atoms with E-state index in [-0.39, 0.29) is 29.2 Å². The van der Waals surface area contributed by atoms with Crippen LogP contribution in [0.2, 0.25) is 0 Å². The molecule has 0 bridgehead atoms. The minimum Gasteiger partial charge on any atom is -0.393 e. The van der Waals surface area contributed by atoms with Gasteiger partial charge in [-0.15, -0.1) is 0 Å². The number of aliphatic hydroxyl groups is 1. The van der Waals surface area contributed by atoms with Crippen LogP contribution in [0.15, 0.2) is 30.3 Å². The van der Waals surface area contributed by atoms with E-state index in [1.165, 1.54) is 0 Å². The van der Waals surface area contributed by atoms with Gasteiger partial charge in [-0.2, -0.15) is 0 Å². The Morgan fingerprint density at radius 2 is 1.92 bits per heavy atom. The van der Waals surface area contributed by atoms with Crippen LogP contribution in [-0.2, 0) is 4.74 Å². The number of carbonyl (C=O) groups excluding carboxylic acids is 1. The topological polar surface area (TPSA) is 70.6 Å². The lowest BCUT2D eigenvalue weighted by Gasteiger charge is -2.28. The highest BCUT2D eigenvalue weighted by atomic mass is 16.5. The van der Waals surface area contributed by atoms with Crippen molar-refractivity contribution < 1.29 is 14.6 Å². The maximum Gasteiger partial charge on any atom is 0.315 e. The van der Waals surface area contributed by atoms with E-state index < -0.39 is 6.10 Å². The summed E-state index contributed by atoms with van der Waals surface area (Å²) in [4.78, 5) is 12.4. The molecule has 0 aliphatic carbocycles. The maximum atomic E-state index is 12.4. The molecule has 3 N–H and O–H groups in total. The molecule has 1 heterocycles. The second kappa shape index (κ2) is 7.75. The Labute approximate surface area is 151 Å². The molecule has 1 saturated heterocycles.